The Morgan fingerprint density at radius 1 is 0.857 bits per heavy atom. The minimum Gasteiger partial charge on any atom is -0.264 e. The second-order valence-corrected chi connectivity index (χ2v) is 7.21. The molecule has 0 aliphatic carbocycles. The van der Waals surface area contributed by atoms with Crippen LogP contribution >= 0.6 is 0 Å². The molecular weight excluding hydrogens is 288 g/mol. The van der Waals surface area contributed by atoms with E-state index in [0.29, 0.717) is 12.3 Å². The van der Waals surface area contributed by atoms with Gasteiger partial charge in [0.15, 0.2) is 0 Å². The number of hydrogen-bond donors (Lipinski definition) is 1. The van der Waals surface area contributed by atoms with Gasteiger partial charge >= 0.3 is 10.4 Å². The summed E-state index contributed by atoms with van der Waals surface area (Å²) in [6.07, 6.45) is 14.8. The third-order valence-electron chi connectivity index (χ3n) is 3.87. The van der Waals surface area contributed by atoms with Gasteiger partial charge in [0, 0.05) is 0 Å². The van der Waals surface area contributed by atoms with Crippen molar-refractivity contribution in [2.75, 3.05) is 6.61 Å². The highest BCUT2D eigenvalue weighted by Gasteiger charge is 2.05. The Hall–Kier alpha value is -0.130. The first-order chi connectivity index (χ1) is 9.95. The smallest absolute Gasteiger partial charge is 0.264 e. The van der Waals surface area contributed by atoms with Gasteiger partial charge in [0.05, 0.1) is 6.61 Å². The van der Waals surface area contributed by atoms with Crippen LogP contribution in [0.1, 0.15) is 90.9 Å². The van der Waals surface area contributed by atoms with Gasteiger partial charge in [-0.05, 0) is 12.3 Å². The van der Waals surface area contributed by atoms with Crippen molar-refractivity contribution >= 4 is 10.4 Å². The summed E-state index contributed by atoms with van der Waals surface area (Å²) in [6, 6.07) is 0. The number of rotatable bonds is 15. The van der Waals surface area contributed by atoms with Crippen LogP contribution in [0, 0.1) is 5.92 Å². The molecule has 5 heteroatoms. The van der Waals surface area contributed by atoms with Crippen LogP contribution < -0.4 is 0 Å². The van der Waals surface area contributed by atoms with Crippen molar-refractivity contribution in [1.82, 2.24) is 0 Å². The maximum atomic E-state index is 10.3. The fourth-order valence-corrected chi connectivity index (χ4v) is 2.86. The summed E-state index contributed by atoms with van der Waals surface area (Å²) in [5, 5.41) is 0. The highest BCUT2D eigenvalue weighted by atomic mass is 32.3. The van der Waals surface area contributed by atoms with E-state index in [1.54, 1.807) is 0 Å². The first-order valence-corrected chi connectivity index (χ1v) is 9.94. The van der Waals surface area contributed by atoms with Gasteiger partial charge in [-0.2, -0.15) is 8.42 Å². The molecular formula is C16H34O4S. The Morgan fingerprint density at radius 2 is 1.33 bits per heavy atom. The lowest BCUT2D eigenvalue weighted by atomic mass is 9.97. The quantitative estimate of drug-likeness (QED) is 0.335. The molecule has 0 aliphatic rings. The molecule has 0 spiro atoms. The van der Waals surface area contributed by atoms with Gasteiger partial charge in [-0.3, -0.25) is 4.55 Å². The van der Waals surface area contributed by atoms with Crippen LogP contribution in [0.2, 0.25) is 0 Å². The molecule has 1 N–H and O–H groups in total. The van der Waals surface area contributed by atoms with E-state index in [1.807, 2.05) is 0 Å². The standard InChI is InChI=1S/C16H34O4S/c1-3-4-5-6-7-8-9-10-13-16(2)14-11-12-15-20-21(17,18)19/h16H,3-15H2,1-2H3,(H,17,18,19). The molecule has 0 aromatic heterocycles. The average molecular weight is 323 g/mol. The van der Waals surface area contributed by atoms with Crippen molar-refractivity contribution in [3.63, 3.8) is 0 Å². The summed E-state index contributed by atoms with van der Waals surface area (Å²) in [4.78, 5) is 0. The first-order valence-electron chi connectivity index (χ1n) is 8.57. The van der Waals surface area contributed by atoms with Gasteiger partial charge in [-0.1, -0.05) is 84.5 Å². The lowest BCUT2D eigenvalue weighted by molar-refractivity contribution is 0.258. The normalized spacial score (nSPS) is 13.5. The minimum absolute atomic E-state index is 0.0866. The summed E-state index contributed by atoms with van der Waals surface area (Å²) < 4.78 is 33.4. The van der Waals surface area contributed by atoms with Gasteiger partial charge in [-0.25, -0.2) is 4.18 Å². The third-order valence-corrected chi connectivity index (χ3v) is 4.34. The zero-order valence-corrected chi connectivity index (χ0v) is 14.7. The monoisotopic (exact) mass is 322 g/mol. The Kier molecular flexibility index (Phi) is 13.4. The van der Waals surface area contributed by atoms with E-state index < -0.39 is 10.4 Å². The van der Waals surface area contributed by atoms with Crippen LogP contribution in [0.4, 0.5) is 0 Å². The van der Waals surface area contributed by atoms with Crippen molar-refractivity contribution < 1.29 is 17.2 Å². The third kappa shape index (κ3) is 17.8. The molecule has 0 aliphatic heterocycles. The largest absolute Gasteiger partial charge is 0.397 e. The maximum absolute atomic E-state index is 10.3. The summed E-state index contributed by atoms with van der Waals surface area (Å²) >= 11 is 0. The van der Waals surface area contributed by atoms with E-state index >= 15 is 0 Å². The van der Waals surface area contributed by atoms with E-state index in [1.165, 1.54) is 57.8 Å². The van der Waals surface area contributed by atoms with Crippen molar-refractivity contribution in [2.24, 2.45) is 5.92 Å². The van der Waals surface area contributed by atoms with Crippen molar-refractivity contribution in [2.45, 2.75) is 90.9 Å². The van der Waals surface area contributed by atoms with Crippen LogP contribution in [0.3, 0.4) is 0 Å². The van der Waals surface area contributed by atoms with Gasteiger partial charge < -0.3 is 0 Å². The fourth-order valence-electron chi connectivity index (χ4n) is 2.53. The summed E-state index contributed by atoms with van der Waals surface area (Å²) in [5.74, 6) is 0.691. The van der Waals surface area contributed by atoms with Gasteiger partial charge in [-0.15, -0.1) is 0 Å². The molecule has 0 saturated carbocycles. The minimum atomic E-state index is -4.25. The van der Waals surface area contributed by atoms with Gasteiger partial charge in [0.25, 0.3) is 0 Å². The predicted molar refractivity (Wildman–Crippen MR) is 87.7 cm³/mol. The molecule has 0 aromatic rings. The fraction of sp³-hybridized carbons (Fsp3) is 1.00. The van der Waals surface area contributed by atoms with Crippen molar-refractivity contribution in [3.8, 4) is 0 Å². The number of unbranched alkanes of at least 4 members (excludes halogenated alkanes) is 8. The lowest BCUT2D eigenvalue weighted by Crippen LogP contribution is -2.05. The van der Waals surface area contributed by atoms with E-state index in [2.05, 4.69) is 18.0 Å². The zero-order valence-electron chi connectivity index (χ0n) is 13.8. The molecule has 0 radical (unpaired) electrons. The molecule has 1 atom stereocenters. The van der Waals surface area contributed by atoms with Crippen LogP contribution in [-0.2, 0) is 14.6 Å². The summed E-state index contributed by atoms with van der Waals surface area (Å²) in [7, 11) is -4.25. The summed E-state index contributed by atoms with van der Waals surface area (Å²) in [6.45, 7) is 4.59. The Morgan fingerprint density at radius 3 is 1.86 bits per heavy atom. The molecule has 128 valence electrons. The SMILES string of the molecule is CCCCCCCCCCC(C)CCCCOS(=O)(=O)O. The maximum Gasteiger partial charge on any atom is 0.397 e. The second kappa shape index (κ2) is 13.5. The Bertz CT molecular complexity index is 314. The first kappa shape index (κ1) is 20.9. The molecule has 1 unspecified atom stereocenters. The van der Waals surface area contributed by atoms with Crippen molar-refractivity contribution in [1.29, 1.82) is 0 Å². The topological polar surface area (TPSA) is 63.6 Å². The highest BCUT2D eigenvalue weighted by Crippen LogP contribution is 2.17. The molecule has 0 amide bonds. The predicted octanol–water partition coefficient (Wildman–Crippen LogP) is 5.14. The molecule has 0 heterocycles. The van der Waals surface area contributed by atoms with E-state index in [-0.39, 0.29) is 6.61 Å². The zero-order chi connectivity index (χ0) is 16.0. The number of hydrogen-bond acceptors (Lipinski definition) is 3. The lowest BCUT2D eigenvalue weighted by Gasteiger charge is -2.10. The van der Waals surface area contributed by atoms with E-state index in [9.17, 15) is 8.42 Å². The van der Waals surface area contributed by atoms with Crippen LogP contribution in [-0.4, -0.2) is 19.6 Å². The van der Waals surface area contributed by atoms with Crippen LogP contribution in [0.5, 0.6) is 0 Å². The average Bonchev–Trinajstić information content (AvgIpc) is 2.40. The molecule has 21 heavy (non-hydrogen) atoms. The van der Waals surface area contributed by atoms with Crippen LogP contribution in [0.25, 0.3) is 0 Å². The van der Waals surface area contributed by atoms with Gasteiger partial charge in [0.1, 0.15) is 0 Å². The molecule has 0 fully saturated rings. The molecule has 0 saturated heterocycles. The Labute approximate surface area is 131 Å². The van der Waals surface area contributed by atoms with E-state index in [4.69, 9.17) is 4.55 Å². The molecule has 0 aromatic carbocycles. The summed E-state index contributed by atoms with van der Waals surface area (Å²) in [5.41, 5.74) is 0. The molecule has 0 bridgehead atoms. The molecule has 4 nitrogen and oxygen atoms in total. The van der Waals surface area contributed by atoms with Gasteiger partial charge in [0.2, 0.25) is 0 Å². The van der Waals surface area contributed by atoms with E-state index in [0.717, 1.165) is 12.8 Å². The Balaban J connectivity index is 3.25. The second-order valence-electron chi connectivity index (χ2n) is 6.11. The van der Waals surface area contributed by atoms with Crippen LogP contribution in [0.15, 0.2) is 0 Å². The molecule has 0 rings (SSSR count). The van der Waals surface area contributed by atoms with Crippen molar-refractivity contribution in [3.05, 3.63) is 0 Å². The highest BCUT2D eigenvalue weighted by molar-refractivity contribution is 7.80.